The number of hydroxylamine groups is 2. The van der Waals surface area contributed by atoms with E-state index in [4.69, 9.17) is 0 Å². The molecule has 0 saturated carbocycles. The predicted octanol–water partition coefficient (Wildman–Crippen LogP) is 1.69. The van der Waals surface area contributed by atoms with Gasteiger partial charge in [-0.15, -0.1) is 0 Å². The van der Waals surface area contributed by atoms with E-state index in [1.54, 1.807) is 26.5 Å². The van der Waals surface area contributed by atoms with Crippen molar-refractivity contribution in [1.29, 1.82) is 0 Å². The molecule has 0 heterocycles. The maximum atomic E-state index is 9.33. The van der Waals surface area contributed by atoms with Gasteiger partial charge >= 0.3 is 0 Å². The minimum Gasteiger partial charge on any atom is -0.291 e. The number of hydrogen-bond donors (Lipinski definition) is 2. The Labute approximate surface area is 106 Å². The summed E-state index contributed by atoms with van der Waals surface area (Å²) in [4.78, 5) is 0. The lowest BCUT2D eigenvalue weighted by Gasteiger charge is -1.94. The van der Waals surface area contributed by atoms with Crippen LogP contribution in [-0.2, 0) is 0 Å². The second-order valence-corrected chi connectivity index (χ2v) is 4.20. The highest BCUT2D eigenvalue weighted by molar-refractivity contribution is 5.99. The summed E-state index contributed by atoms with van der Waals surface area (Å²) < 4.78 is 2.04. The minimum atomic E-state index is 0.902. The van der Waals surface area contributed by atoms with Crippen molar-refractivity contribution in [2.75, 3.05) is 14.1 Å². The molecule has 0 aliphatic heterocycles. The molecular weight excluding hydrogens is 228 g/mol. The molecule has 18 heavy (non-hydrogen) atoms. The van der Waals surface area contributed by atoms with E-state index in [0.29, 0.717) is 0 Å². The molecule has 92 valence electrons. The van der Waals surface area contributed by atoms with Crippen LogP contribution in [0.2, 0.25) is 0 Å². The average Bonchev–Trinajstić information content (AvgIpc) is 2.49. The second kappa shape index (κ2) is 4.87. The van der Waals surface area contributed by atoms with Crippen molar-refractivity contribution < 1.29 is 19.9 Å². The van der Waals surface area contributed by atoms with Gasteiger partial charge in [0.25, 0.3) is 0 Å². The topological polar surface area (TPSA) is 46.5 Å². The molecule has 4 heteroatoms. The maximum absolute atomic E-state index is 9.33. The highest BCUT2D eigenvalue weighted by Gasteiger charge is 2.16. The summed E-state index contributed by atoms with van der Waals surface area (Å²) in [5, 5.41) is 18.7. The molecule has 4 nitrogen and oxygen atoms in total. The van der Waals surface area contributed by atoms with E-state index in [9.17, 15) is 10.4 Å². The van der Waals surface area contributed by atoms with Crippen LogP contribution in [0.5, 0.6) is 0 Å². The lowest BCUT2D eigenvalue weighted by Crippen LogP contribution is -2.00. The average molecular weight is 244 g/mol. The summed E-state index contributed by atoms with van der Waals surface area (Å²) in [5.74, 6) is 0. The predicted molar refractivity (Wildman–Crippen MR) is 69.3 cm³/mol. The van der Waals surface area contributed by atoms with Crippen LogP contribution in [0.1, 0.15) is 11.1 Å². The van der Waals surface area contributed by atoms with Crippen molar-refractivity contribution in [1.82, 2.24) is 0 Å². The molecule has 0 aromatic heterocycles. The maximum Gasteiger partial charge on any atom is 0.222 e. The third kappa shape index (κ3) is 2.48. The van der Waals surface area contributed by atoms with E-state index < -0.39 is 0 Å². The molecule has 2 rings (SSSR count). The van der Waals surface area contributed by atoms with Crippen molar-refractivity contribution in [3.63, 3.8) is 0 Å². The third-order valence-electron chi connectivity index (χ3n) is 2.62. The van der Waals surface area contributed by atoms with E-state index >= 15 is 0 Å². The van der Waals surface area contributed by atoms with Crippen LogP contribution in [0.3, 0.4) is 0 Å². The molecule has 0 aromatic carbocycles. The number of nitrogens with zero attached hydrogens (tertiary/aromatic N) is 2. The summed E-state index contributed by atoms with van der Waals surface area (Å²) in [5.41, 5.74) is 3.85. The molecule has 0 spiro atoms. The molecule has 2 N–H and O–H groups in total. The van der Waals surface area contributed by atoms with Gasteiger partial charge in [-0.3, -0.25) is 10.4 Å². The Bertz CT molecular complexity index is 545. The Kier molecular flexibility index (Phi) is 3.28. The lowest BCUT2D eigenvalue weighted by atomic mass is 10.1. The first kappa shape index (κ1) is 12.1. The standard InChI is InChI=1S/C14H16N2O2/c1-15(17)9-11-8-12(10-16(2)18)14-7-5-3-4-6-13(11)14/h3-10,17-18H,1-2H3/q+2/b15-9-,16-10-. The van der Waals surface area contributed by atoms with Crippen molar-refractivity contribution >= 4 is 12.4 Å². The van der Waals surface area contributed by atoms with Gasteiger partial charge in [-0.25, -0.2) is 0 Å². The SMILES string of the molecule is C/[N+](O)=C/c1cc(/C=[N+](/C)O)c2cccccc1-2. The third-order valence-corrected chi connectivity index (χ3v) is 2.62. The van der Waals surface area contributed by atoms with E-state index in [1.165, 1.54) is 0 Å². The fourth-order valence-electron chi connectivity index (χ4n) is 1.99. The molecule has 0 atom stereocenters. The molecule has 0 fully saturated rings. The van der Waals surface area contributed by atoms with Crippen LogP contribution < -0.4 is 0 Å². The molecule has 2 aliphatic carbocycles. The monoisotopic (exact) mass is 244 g/mol. The quantitative estimate of drug-likeness (QED) is 0.365. The van der Waals surface area contributed by atoms with E-state index in [1.807, 2.05) is 36.4 Å². The second-order valence-electron chi connectivity index (χ2n) is 4.20. The van der Waals surface area contributed by atoms with Gasteiger partial charge in [0.15, 0.2) is 14.1 Å². The summed E-state index contributed by atoms with van der Waals surface area (Å²) in [7, 11) is 3.12. The fourth-order valence-corrected chi connectivity index (χ4v) is 1.99. The molecule has 2 aliphatic rings. The van der Waals surface area contributed by atoms with Gasteiger partial charge in [-0.2, -0.15) is 0 Å². The first-order valence-corrected chi connectivity index (χ1v) is 5.63. The molecule has 0 unspecified atom stereocenters. The van der Waals surface area contributed by atoms with Gasteiger partial charge in [-0.05, 0) is 26.7 Å². The zero-order chi connectivity index (χ0) is 13.1. The Morgan fingerprint density at radius 1 is 0.833 bits per heavy atom. The van der Waals surface area contributed by atoms with Crippen molar-refractivity contribution in [3.05, 3.63) is 47.5 Å². The van der Waals surface area contributed by atoms with Crippen molar-refractivity contribution in [2.45, 2.75) is 0 Å². The fraction of sp³-hybridized carbons (Fsp3) is 0.143. The smallest absolute Gasteiger partial charge is 0.222 e. The molecule has 0 aromatic rings. The van der Waals surface area contributed by atoms with Gasteiger partial charge in [0, 0.05) is 0 Å². The number of rotatable bonds is 2. The highest BCUT2D eigenvalue weighted by atomic mass is 16.5. The normalized spacial score (nSPS) is 13.0. The minimum absolute atomic E-state index is 0.902. The molecule has 0 amide bonds. The van der Waals surface area contributed by atoms with Crippen LogP contribution >= 0.6 is 0 Å². The van der Waals surface area contributed by atoms with Crippen LogP contribution in [0.4, 0.5) is 0 Å². The van der Waals surface area contributed by atoms with Gasteiger partial charge in [-0.1, -0.05) is 30.3 Å². The van der Waals surface area contributed by atoms with Crippen LogP contribution in [0.15, 0.2) is 36.4 Å². The van der Waals surface area contributed by atoms with Gasteiger partial charge in [0.2, 0.25) is 12.4 Å². The van der Waals surface area contributed by atoms with Gasteiger partial charge in [0.05, 0.1) is 11.1 Å². The van der Waals surface area contributed by atoms with Crippen LogP contribution in [0.25, 0.3) is 11.1 Å². The molecule has 0 bridgehead atoms. The molecule has 0 radical (unpaired) electrons. The Balaban J connectivity index is 2.69. The number of fused-ring (bicyclic) bond motifs is 1. The van der Waals surface area contributed by atoms with Crippen molar-refractivity contribution in [2.24, 2.45) is 0 Å². The van der Waals surface area contributed by atoms with Crippen LogP contribution in [-0.4, -0.2) is 46.4 Å². The zero-order valence-electron chi connectivity index (χ0n) is 10.4. The Hall–Kier alpha value is -2.36. The molecule has 0 saturated heterocycles. The van der Waals surface area contributed by atoms with Crippen LogP contribution in [0, 0.1) is 0 Å². The summed E-state index contributed by atoms with van der Waals surface area (Å²) in [6.07, 6.45) is 3.27. The largest absolute Gasteiger partial charge is 0.291 e. The van der Waals surface area contributed by atoms with Gasteiger partial charge < -0.3 is 0 Å². The summed E-state index contributed by atoms with van der Waals surface area (Å²) in [6, 6.07) is 11.7. The van der Waals surface area contributed by atoms with Gasteiger partial charge in [0.1, 0.15) is 0 Å². The summed E-state index contributed by atoms with van der Waals surface area (Å²) >= 11 is 0. The zero-order valence-corrected chi connectivity index (χ0v) is 10.4. The Morgan fingerprint density at radius 2 is 1.28 bits per heavy atom. The highest BCUT2D eigenvalue weighted by Crippen LogP contribution is 2.29. The Morgan fingerprint density at radius 3 is 1.67 bits per heavy atom. The number of hydrogen-bond acceptors (Lipinski definition) is 2. The van der Waals surface area contributed by atoms with E-state index in [0.717, 1.165) is 31.7 Å². The lowest BCUT2D eigenvalue weighted by molar-refractivity contribution is -0.751. The van der Waals surface area contributed by atoms with E-state index in [-0.39, 0.29) is 0 Å². The first-order valence-electron chi connectivity index (χ1n) is 5.63. The first-order chi connectivity index (χ1) is 8.58. The molecular formula is C14H16N2O2+2. The van der Waals surface area contributed by atoms with E-state index in [2.05, 4.69) is 0 Å². The summed E-state index contributed by atoms with van der Waals surface area (Å²) in [6.45, 7) is 0. The van der Waals surface area contributed by atoms with Crippen molar-refractivity contribution in [3.8, 4) is 11.1 Å².